The van der Waals surface area contributed by atoms with Gasteiger partial charge >= 0.3 is 0 Å². The first-order chi connectivity index (χ1) is 13.6. The van der Waals surface area contributed by atoms with E-state index in [1.807, 2.05) is 13.0 Å². The fourth-order valence-corrected chi connectivity index (χ4v) is 4.37. The van der Waals surface area contributed by atoms with Crippen LogP contribution in [0.5, 0.6) is 0 Å². The van der Waals surface area contributed by atoms with Crippen molar-refractivity contribution in [3.8, 4) is 11.3 Å². The molecule has 1 aliphatic heterocycles. The van der Waals surface area contributed by atoms with Gasteiger partial charge in [-0.2, -0.15) is 5.10 Å². The maximum atomic E-state index is 6.36. The predicted octanol–water partition coefficient (Wildman–Crippen LogP) is 2.35. The molecule has 1 saturated heterocycles. The topological polar surface area (TPSA) is 74.8 Å². The number of ether oxygens (including phenoxy) is 5. The normalized spacial score (nSPS) is 32.4. The number of benzene rings is 1. The molecule has 1 fully saturated rings. The Labute approximate surface area is 165 Å². The number of rotatable bonds is 6. The van der Waals surface area contributed by atoms with Crippen LogP contribution in [0.3, 0.4) is 0 Å². The van der Waals surface area contributed by atoms with Crippen molar-refractivity contribution in [1.82, 2.24) is 10.2 Å². The van der Waals surface area contributed by atoms with E-state index in [9.17, 15) is 0 Å². The summed E-state index contributed by atoms with van der Waals surface area (Å²) in [6, 6.07) is 8.48. The van der Waals surface area contributed by atoms with Crippen LogP contribution in [-0.2, 0) is 36.5 Å². The van der Waals surface area contributed by atoms with Gasteiger partial charge in [0.1, 0.15) is 18.3 Å². The zero-order valence-electron chi connectivity index (χ0n) is 16.8. The summed E-state index contributed by atoms with van der Waals surface area (Å²) >= 11 is 0. The summed E-state index contributed by atoms with van der Waals surface area (Å²) in [5.41, 5.74) is 4.76. The number of fused-ring (bicyclic) bond motifs is 1. The molecule has 1 aromatic carbocycles. The van der Waals surface area contributed by atoms with Gasteiger partial charge in [-0.1, -0.05) is 12.1 Å². The minimum Gasteiger partial charge on any atom is -0.376 e. The van der Waals surface area contributed by atoms with Crippen molar-refractivity contribution < 1.29 is 23.7 Å². The van der Waals surface area contributed by atoms with Gasteiger partial charge in [-0.25, -0.2) is 0 Å². The molecule has 0 spiro atoms. The first-order valence-corrected chi connectivity index (χ1v) is 9.65. The summed E-state index contributed by atoms with van der Waals surface area (Å²) < 4.78 is 29.4. The highest BCUT2D eigenvalue weighted by Crippen LogP contribution is 2.33. The lowest BCUT2D eigenvalue weighted by atomic mass is 9.99. The third-order valence-electron chi connectivity index (χ3n) is 5.78. The summed E-state index contributed by atoms with van der Waals surface area (Å²) in [4.78, 5) is 0. The Morgan fingerprint density at radius 2 is 1.71 bits per heavy atom. The average molecular weight is 388 g/mol. The highest BCUT2D eigenvalue weighted by molar-refractivity contribution is 5.61. The van der Waals surface area contributed by atoms with Crippen LogP contribution in [-0.4, -0.2) is 68.3 Å². The SMILES string of the molecule is CO[C@@H]1[C@@H](OC)[C@H](C)O[C@@H](OC2Cc3ccc(-c4ccn[nH]4)cc3C2)[C@@H]1OC. The number of hydrogen-bond donors (Lipinski definition) is 1. The van der Waals surface area contributed by atoms with E-state index in [0.29, 0.717) is 0 Å². The zero-order chi connectivity index (χ0) is 19.7. The molecule has 0 amide bonds. The molecule has 7 heteroatoms. The van der Waals surface area contributed by atoms with E-state index in [1.165, 1.54) is 11.1 Å². The molecule has 1 aliphatic carbocycles. The Morgan fingerprint density at radius 3 is 2.39 bits per heavy atom. The van der Waals surface area contributed by atoms with Gasteiger partial charge in [0.15, 0.2) is 6.29 Å². The lowest BCUT2D eigenvalue weighted by Crippen LogP contribution is -2.59. The second-order valence-electron chi connectivity index (χ2n) is 7.43. The van der Waals surface area contributed by atoms with E-state index in [-0.39, 0.29) is 30.5 Å². The Morgan fingerprint density at radius 1 is 0.964 bits per heavy atom. The first kappa shape index (κ1) is 19.5. The van der Waals surface area contributed by atoms with Crippen molar-refractivity contribution in [2.75, 3.05) is 21.3 Å². The molecule has 1 unspecified atom stereocenters. The van der Waals surface area contributed by atoms with Crippen molar-refractivity contribution in [2.45, 2.75) is 56.6 Å². The number of methoxy groups -OCH3 is 3. The molecule has 2 aliphatic rings. The maximum absolute atomic E-state index is 6.36. The number of H-pyrrole nitrogens is 1. The van der Waals surface area contributed by atoms with Crippen LogP contribution < -0.4 is 0 Å². The van der Waals surface area contributed by atoms with Gasteiger partial charge in [0, 0.05) is 27.5 Å². The number of aromatic amines is 1. The Hall–Kier alpha value is -1.77. The van der Waals surface area contributed by atoms with Crippen LogP contribution >= 0.6 is 0 Å². The number of nitrogens with one attached hydrogen (secondary N) is 1. The fraction of sp³-hybridized carbons (Fsp3) is 0.571. The Bertz CT molecular complexity index is 781. The Kier molecular flexibility index (Phi) is 5.80. The molecule has 152 valence electrons. The lowest BCUT2D eigenvalue weighted by molar-refractivity contribution is -0.314. The van der Waals surface area contributed by atoms with Gasteiger partial charge in [-0.15, -0.1) is 0 Å². The molecule has 6 atom stereocenters. The van der Waals surface area contributed by atoms with E-state index in [0.717, 1.165) is 24.1 Å². The minimum absolute atomic E-state index is 0.0402. The third-order valence-corrected chi connectivity index (χ3v) is 5.78. The summed E-state index contributed by atoms with van der Waals surface area (Å²) in [5, 5.41) is 7.05. The van der Waals surface area contributed by atoms with Crippen molar-refractivity contribution in [2.24, 2.45) is 0 Å². The quantitative estimate of drug-likeness (QED) is 0.819. The molecule has 28 heavy (non-hydrogen) atoms. The van der Waals surface area contributed by atoms with E-state index >= 15 is 0 Å². The highest BCUT2D eigenvalue weighted by atomic mass is 16.7. The summed E-state index contributed by atoms with van der Waals surface area (Å²) in [7, 11) is 4.98. The third kappa shape index (κ3) is 3.60. The van der Waals surface area contributed by atoms with Gasteiger partial charge in [0.25, 0.3) is 0 Å². The Balaban J connectivity index is 1.47. The van der Waals surface area contributed by atoms with Crippen LogP contribution in [0.15, 0.2) is 30.5 Å². The van der Waals surface area contributed by atoms with Crippen molar-refractivity contribution in [3.63, 3.8) is 0 Å². The standard InChI is InChI=1S/C21H28N2O5/c1-12-18(24-2)19(25-3)20(26-4)21(27-12)28-16-10-13-5-6-14(9-15(13)11-16)17-7-8-22-23-17/h5-9,12,16,18-21H,10-11H2,1-4H3,(H,22,23)/t12-,16?,18-,19+,20+,21-/m0/s1. The van der Waals surface area contributed by atoms with Crippen molar-refractivity contribution in [3.05, 3.63) is 41.6 Å². The molecule has 1 N–H and O–H groups in total. The molecular weight excluding hydrogens is 360 g/mol. The molecule has 0 bridgehead atoms. The van der Waals surface area contributed by atoms with E-state index in [4.69, 9.17) is 23.7 Å². The monoisotopic (exact) mass is 388 g/mol. The van der Waals surface area contributed by atoms with E-state index < -0.39 is 6.29 Å². The molecule has 0 radical (unpaired) electrons. The van der Waals surface area contributed by atoms with E-state index in [2.05, 4.69) is 28.4 Å². The molecule has 7 nitrogen and oxygen atoms in total. The highest BCUT2D eigenvalue weighted by Gasteiger charge is 2.47. The summed E-state index contributed by atoms with van der Waals surface area (Å²) in [6.45, 7) is 1.97. The second kappa shape index (κ2) is 8.31. The lowest BCUT2D eigenvalue weighted by Gasteiger charge is -2.44. The maximum Gasteiger partial charge on any atom is 0.187 e. The van der Waals surface area contributed by atoms with Crippen LogP contribution in [0.25, 0.3) is 11.3 Å². The van der Waals surface area contributed by atoms with Crippen molar-refractivity contribution >= 4 is 0 Å². The van der Waals surface area contributed by atoms with Crippen LogP contribution in [0.4, 0.5) is 0 Å². The largest absolute Gasteiger partial charge is 0.376 e. The van der Waals surface area contributed by atoms with Crippen molar-refractivity contribution in [1.29, 1.82) is 0 Å². The molecule has 0 saturated carbocycles. The average Bonchev–Trinajstić information content (AvgIpc) is 3.36. The van der Waals surface area contributed by atoms with Crippen LogP contribution in [0.2, 0.25) is 0 Å². The first-order valence-electron chi connectivity index (χ1n) is 9.65. The van der Waals surface area contributed by atoms with Gasteiger partial charge in [-0.3, -0.25) is 5.10 Å². The fourth-order valence-electron chi connectivity index (χ4n) is 4.37. The number of hydrogen-bond acceptors (Lipinski definition) is 6. The molecular formula is C21H28N2O5. The summed E-state index contributed by atoms with van der Waals surface area (Å²) in [5.74, 6) is 0. The van der Waals surface area contributed by atoms with Gasteiger partial charge in [-0.05, 0) is 48.6 Å². The van der Waals surface area contributed by atoms with Gasteiger partial charge < -0.3 is 23.7 Å². The van der Waals surface area contributed by atoms with E-state index in [1.54, 1.807) is 27.5 Å². The predicted molar refractivity (Wildman–Crippen MR) is 103 cm³/mol. The van der Waals surface area contributed by atoms with Crippen LogP contribution in [0.1, 0.15) is 18.1 Å². The molecule has 2 heterocycles. The number of aromatic nitrogens is 2. The zero-order valence-corrected chi connectivity index (χ0v) is 16.8. The molecule has 1 aromatic heterocycles. The number of nitrogens with zero attached hydrogens (tertiary/aromatic N) is 1. The van der Waals surface area contributed by atoms with Gasteiger partial charge in [0.2, 0.25) is 0 Å². The minimum atomic E-state index is -0.497. The molecule has 4 rings (SSSR count). The summed E-state index contributed by atoms with van der Waals surface area (Å²) in [6.07, 6.45) is 2.05. The smallest absolute Gasteiger partial charge is 0.187 e. The van der Waals surface area contributed by atoms with Crippen LogP contribution in [0, 0.1) is 0 Å². The second-order valence-corrected chi connectivity index (χ2v) is 7.43. The van der Waals surface area contributed by atoms with Gasteiger partial charge in [0.05, 0.1) is 17.9 Å². The molecule has 2 aromatic rings.